The molecule has 7 heteroatoms. The predicted octanol–water partition coefficient (Wildman–Crippen LogP) is 2.20. The lowest BCUT2D eigenvalue weighted by Gasteiger charge is -2.16. The maximum absolute atomic E-state index is 13.4. The van der Waals surface area contributed by atoms with Crippen LogP contribution in [0.25, 0.3) is 0 Å². The molecule has 112 valence electrons. The summed E-state index contributed by atoms with van der Waals surface area (Å²) in [5.41, 5.74) is -0.652. The summed E-state index contributed by atoms with van der Waals surface area (Å²) in [5, 5.41) is 0. The average molecular weight is 306 g/mol. The standard InChI is InChI=1S/C13H16F2O4S/c1-20(16,17)19-10-12(8-13(12,14)15)9-18-7-11-5-3-2-4-6-11/h2-6H,7-10H2,1H3/t12-/m0/s1. The molecule has 0 heterocycles. The second-order valence-electron chi connectivity index (χ2n) is 5.11. The summed E-state index contributed by atoms with van der Waals surface area (Å²) < 4.78 is 58.4. The fourth-order valence-corrected chi connectivity index (χ4v) is 2.33. The molecule has 0 N–H and O–H groups in total. The van der Waals surface area contributed by atoms with Gasteiger partial charge in [-0.2, -0.15) is 8.42 Å². The second kappa shape index (κ2) is 5.38. The van der Waals surface area contributed by atoms with Crippen molar-refractivity contribution in [2.45, 2.75) is 19.0 Å². The first-order valence-corrected chi connectivity index (χ1v) is 7.90. The fraction of sp³-hybridized carbons (Fsp3) is 0.538. The Morgan fingerprint density at radius 1 is 1.20 bits per heavy atom. The summed E-state index contributed by atoms with van der Waals surface area (Å²) in [6.45, 7) is -0.574. The largest absolute Gasteiger partial charge is 0.376 e. The van der Waals surface area contributed by atoms with Gasteiger partial charge in [0.15, 0.2) is 0 Å². The molecular weight excluding hydrogens is 290 g/mol. The lowest BCUT2D eigenvalue weighted by molar-refractivity contribution is -0.0148. The van der Waals surface area contributed by atoms with Gasteiger partial charge in [0, 0.05) is 6.42 Å². The summed E-state index contributed by atoms with van der Waals surface area (Å²) in [6.07, 6.45) is 0.427. The van der Waals surface area contributed by atoms with Gasteiger partial charge in [0.25, 0.3) is 16.0 Å². The lowest BCUT2D eigenvalue weighted by Crippen LogP contribution is -2.26. The quantitative estimate of drug-likeness (QED) is 0.725. The summed E-state index contributed by atoms with van der Waals surface area (Å²) in [7, 11) is -3.73. The van der Waals surface area contributed by atoms with Gasteiger partial charge in [0.1, 0.15) is 0 Å². The van der Waals surface area contributed by atoms with Crippen molar-refractivity contribution in [1.29, 1.82) is 0 Å². The van der Waals surface area contributed by atoms with E-state index in [1.165, 1.54) is 0 Å². The summed E-state index contributed by atoms with van der Waals surface area (Å²) in [5.74, 6) is -2.94. The summed E-state index contributed by atoms with van der Waals surface area (Å²) in [4.78, 5) is 0. The monoisotopic (exact) mass is 306 g/mol. The molecule has 4 nitrogen and oxygen atoms in total. The zero-order chi connectivity index (χ0) is 14.9. The Bertz CT molecular complexity index is 559. The van der Waals surface area contributed by atoms with E-state index in [4.69, 9.17) is 4.74 Å². The lowest BCUT2D eigenvalue weighted by atomic mass is 10.1. The molecule has 0 saturated heterocycles. The number of hydrogen-bond donors (Lipinski definition) is 0. The van der Waals surface area contributed by atoms with Gasteiger partial charge in [-0.15, -0.1) is 0 Å². The highest BCUT2D eigenvalue weighted by Crippen LogP contribution is 2.60. The molecule has 0 aliphatic heterocycles. The molecule has 1 aromatic rings. The molecule has 1 saturated carbocycles. The molecule has 0 aromatic heterocycles. The van der Waals surface area contributed by atoms with E-state index in [9.17, 15) is 17.2 Å². The zero-order valence-corrected chi connectivity index (χ0v) is 11.8. The Morgan fingerprint density at radius 3 is 2.30 bits per heavy atom. The number of halogens is 2. The van der Waals surface area contributed by atoms with Crippen molar-refractivity contribution < 1.29 is 26.1 Å². The second-order valence-corrected chi connectivity index (χ2v) is 6.75. The molecule has 1 aliphatic rings. The molecule has 1 fully saturated rings. The highest BCUT2D eigenvalue weighted by atomic mass is 32.2. The first-order chi connectivity index (χ1) is 9.24. The van der Waals surface area contributed by atoms with E-state index in [1.54, 1.807) is 0 Å². The number of alkyl halides is 2. The van der Waals surface area contributed by atoms with E-state index < -0.39 is 34.5 Å². The van der Waals surface area contributed by atoms with Crippen LogP contribution in [0.2, 0.25) is 0 Å². The van der Waals surface area contributed by atoms with E-state index in [1.807, 2.05) is 30.3 Å². The van der Waals surface area contributed by atoms with E-state index in [0.717, 1.165) is 11.8 Å². The maximum atomic E-state index is 13.4. The Balaban J connectivity index is 1.88. The van der Waals surface area contributed by atoms with Crippen molar-refractivity contribution in [2.24, 2.45) is 5.41 Å². The van der Waals surface area contributed by atoms with Gasteiger partial charge in [0.2, 0.25) is 0 Å². The molecule has 1 aliphatic carbocycles. The predicted molar refractivity (Wildman–Crippen MR) is 68.9 cm³/mol. The number of ether oxygens (including phenoxy) is 1. The van der Waals surface area contributed by atoms with Crippen LogP contribution < -0.4 is 0 Å². The Labute approximate surface area is 116 Å². The van der Waals surface area contributed by atoms with Crippen LogP contribution in [0.1, 0.15) is 12.0 Å². The Hall–Kier alpha value is -1.05. The zero-order valence-electron chi connectivity index (χ0n) is 11.0. The van der Waals surface area contributed by atoms with E-state index in [2.05, 4.69) is 4.18 Å². The Kier molecular flexibility index (Phi) is 4.13. The van der Waals surface area contributed by atoms with Crippen LogP contribution in [-0.4, -0.2) is 33.8 Å². The molecule has 0 amide bonds. The molecule has 2 rings (SSSR count). The number of rotatable bonds is 7. The topological polar surface area (TPSA) is 52.6 Å². The highest BCUT2D eigenvalue weighted by Gasteiger charge is 2.71. The highest BCUT2D eigenvalue weighted by molar-refractivity contribution is 7.85. The van der Waals surface area contributed by atoms with Crippen molar-refractivity contribution in [3.05, 3.63) is 35.9 Å². The first-order valence-electron chi connectivity index (χ1n) is 6.08. The molecule has 0 unspecified atom stereocenters. The third-order valence-electron chi connectivity index (χ3n) is 3.25. The van der Waals surface area contributed by atoms with Crippen molar-refractivity contribution in [1.82, 2.24) is 0 Å². The SMILES string of the molecule is CS(=O)(=O)OC[C@@]1(COCc2ccccc2)CC1(F)F. The molecule has 1 atom stereocenters. The molecule has 0 bridgehead atoms. The summed E-state index contributed by atoms with van der Waals surface area (Å²) >= 11 is 0. The van der Waals surface area contributed by atoms with Crippen LogP contribution >= 0.6 is 0 Å². The minimum absolute atomic E-state index is 0.206. The third kappa shape index (κ3) is 3.74. The molecule has 20 heavy (non-hydrogen) atoms. The molecule has 0 spiro atoms. The summed E-state index contributed by atoms with van der Waals surface area (Å²) in [6, 6.07) is 9.15. The average Bonchev–Trinajstić information content (AvgIpc) is 2.90. The van der Waals surface area contributed by atoms with Gasteiger partial charge < -0.3 is 4.74 Å². The van der Waals surface area contributed by atoms with Crippen LogP contribution in [0.5, 0.6) is 0 Å². The molecule has 0 radical (unpaired) electrons. The normalized spacial score (nSPS) is 24.6. The van der Waals surface area contributed by atoms with Crippen molar-refractivity contribution in [3.63, 3.8) is 0 Å². The molecule has 1 aromatic carbocycles. The van der Waals surface area contributed by atoms with Crippen LogP contribution in [0, 0.1) is 5.41 Å². The van der Waals surface area contributed by atoms with Crippen molar-refractivity contribution >= 4 is 10.1 Å². The van der Waals surface area contributed by atoms with Crippen LogP contribution in [-0.2, 0) is 25.6 Å². The third-order valence-corrected chi connectivity index (χ3v) is 3.80. The first kappa shape index (κ1) is 15.3. The van der Waals surface area contributed by atoms with E-state index >= 15 is 0 Å². The van der Waals surface area contributed by atoms with Gasteiger partial charge >= 0.3 is 0 Å². The number of benzene rings is 1. The smallest absolute Gasteiger partial charge is 0.264 e. The molecular formula is C13H16F2O4S. The van der Waals surface area contributed by atoms with Crippen LogP contribution in [0.15, 0.2) is 30.3 Å². The van der Waals surface area contributed by atoms with E-state index in [0.29, 0.717) is 0 Å². The van der Waals surface area contributed by atoms with Crippen molar-refractivity contribution in [3.8, 4) is 0 Å². The Morgan fingerprint density at radius 2 is 1.80 bits per heavy atom. The fourth-order valence-electron chi connectivity index (χ4n) is 1.89. The minimum Gasteiger partial charge on any atom is -0.376 e. The van der Waals surface area contributed by atoms with E-state index in [-0.39, 0.29) is 13.2 Å². The van der Waals surface area contributed by atoms with Gasteiger partial charge in [-0.1, -0.05) is 30.3 Å². The van der Waals surface area contributed by atoms with Gasteiger partial charge in [-0.05, 0) is 5.56 Å². The van der Waals surface area contributed by atoms with Crippen LogP contribution in [0.3, 0.4) is 0 Å². The maximum Gasteiger partial charge on any atom is 0.264 e. The number of hydrogen-bond acceptors (Lipinski definition) is 4. The minimum atomic E-state index is -3.73. The van der Waals surface area contributed by atoms with Gasteiger partial charge in [-0.3, -0.25) is 4.18 Å². The van der Waals surface area contributed by atoms with Gasteiger partial charge in [-0.25, -0.2) is 8.78 Å². The van der Waals surface area contributed by atoms with Gasteiger partial charge in [0.05, 0.1) is 31.5 Å². The van der Waals surface area contributed by atoms with Crippen molar-refractivity contribution in [2.75, 3.05) is 19.5 Å². The van der Waals surface area contributed by atoms with Crippen LogP contribution in [0.4, 0.5) is 8.78 Å².